The molecule has 4 nitrogen and oxygen atoms in total. The molecular weight excluding hydrogens is 216 g/mol. The molecule has 1 amide bonds. The van der Waals surface area contributed by atoms with Gasteiger partial charge in [0.05, 0.1) is 6.42 Å². The molecule has 92 valence electrons. The van der Waals surface area contributed by atoms with Crippen molar-refractivity contribution in [1.29, 1.82) is 0 Å². The molecule has 1 aromatic rings. The minimum atomic E-state index is 0.110. The van der Waals surface area contributed by atoms with Gasteiger partial charge in [0.2, 0.25) is 5.91 Å². The van der Waals surface area contributed by atoms with Crippen molar-refractivity contribution in [2.24, 2.45) is 5.92 Å². The second-order valence-electron chi connectivity index (χ2n) is 4.68. The number of rotatable bonds is 3. The zero-order valence-corrected chi connectivity index (χ0v) is 10.1. The van der Waals surface area contributed by atoms with Crippen molar-refractivity contribution in [2.75, 3.05) is 19.7 Å². The predicted molar refractivity (Wildman–Crippen MR) is 64.5 cm³/mol. The van der Waals surface area contributed by atoms with Gasteiger partial charge in [0, 0.05) is 37.5 Å². The van der Waals surface area contributed by atoms with Gasteiger partial charge >= 0.3 is 0 Å². The maximum absolute atomic E-state index is 12.0. The van der Waals surface area contributed by atoms with E-state index in [0.717, 1.165) is 24.2 Å². The fourth-order valence-electron chi connectivity index (χ4n) is 2.17. The molecule has 0 radical (unpaired) electrons. The van der Waals surface area contributed by atoms with Crippen molar-refractivity contribution in [2.45, 2.75) is 19.8 Å². The maximum atomic E-state index is 12.0. The number of hydrogen-bond acceptors (Lipinski definition) is 3. The van der Waals surface area contributed by atoms with E-state index in [1.54, 1.807) is 6.20 Å². The van der Waals surface area contributed by atoms with E-state index in [2.05, 4.69) is 4.98 Å². The summed E-state index contributed by atoms with van der Waals surface area (Å²) >= 11 is 0. The van der Waals surface area contributed by atoms with Gasteiger partial charge in [-0.1, -0.05) is 0 Å². The number of nitrogens with zero attached hydrogens (tertiary/aromatic N) is 2. The minimum absolute atomic E-state index is 0.110. The van der Waals surface area contributed by atoms with Gasteiger partial charge in [-0.2, -0.15) is 0 Å². The number of aryl methyl sites for hydroxylation is 1. The lowest BCUT2D eigenvalue weighted by molar-refractivity contribution is -0.129. The summed E-state index contributed by atoms with van der Waals surface area (Å²) in [6.07, 6.45) is 3.00. The monoisotopic (exact) mass is 234 g/mol. The molecule has 4 heteroatoms. The fourth-order valence-corrected chi connectivity index (χ4v) is 2.17. The Bertz CT molecular complexity index is 406. The normalized spacial score (nSPS) is 19.6. The van der Waals surface area contributed by atoms with Crippen LogP contribution in [-0.4, -0.2) is 40.6 Å². The highest BCUT2D eigenvalue weighted by Gasteiger charge is 2.25. The number of aromatic nitrogens is 1. The molecule has 17 heavy (non-hydrogen) atoms. The van der Waals surface area contributed by atoms with Crippen LogP contribution in [-0.2, 0) is 11.2 Å². The van der Waals surface area contributed by atoms with Crippen LogP contribution in [0.15, 0.2) is 18.3 Å². The average molecular weight is 234 g/mol. The van der Waals surface area contributed by atoms with Crippen LogP contribution < -0.4 is 0 Å². The summed E-state index contributed by atoms with van der Waals surface area (Å²) in [7, 11) is 0. The van der Waals surface area contributed by atoms with Gasteiger partial charge in [-0.3, -0.25) is 9.78 Å². The first kappa shape index (κ1) is 12.0. The molecule has 1 aromatic heterocycles. The Kier molecular flexibility index (Phi) is 3.74. The first-order valence-electron chi connectivity index (χ1n) is 5.99. The van der Waals surface area contributed by atoms with Crippen LogP contribution >= 0.6 is 0 Å². The minimum Gasteiger partial charge on any atom is -0.396 e. The summed E-state index contributed by atoms with van der Waals surface area (Å²) in [6.45, 7) is 3.61. The largest absolute Gasteiger partial charge is 0.396 e. The number of aliphatic hydroxyl groups is 1. The second-order valence-corrected chi connectivity index (χ2v) is 4.68. The number of aliphatic hydroxyl groups excluding tert-OH is 1. The third-order valence-corrected chi connectivity index (χ3v) is 3.20. The van der Waals surface area contributed by atoms with Crippen molar-refractivity contribution < 1.29 is 9.90 Å². The van der Waals surface area contributed by atoms with Gasteiger partial charge in [-0.25, -0.2) is 0 Å². The molecular formula is C13H18N2O2. The SMILES string of the molecule is Cc1ccnc(CC(=O)N2CC[C@@H](CO)C2)c1. The Labute approximate surface area is 101 Å². The lowest BCUT2D eigenvalue weighted by Gasteiger charge is -2.15. The van der Waals surface area contributed by atoms with E-state index in [-0.39, 0.29) is 18.4 Å². The highest BCUT2D eigenvalue weighted by molar-refractivity contribution is 5.78. The number of carbonyl (C=O) groups is 1. The van der Waals surface area contributed by atoms with E-state index in [9.17, 15) is 4.79 Å². The Hall–Kier alpha value is -1.42. The molecule has 1 atom stereocenters. The van der Waals surface area contributed by atoms with Crippen LogP contribution in [0.4, 0.5) is 0 Å². The molecule has 1 fully saturated rings. The number of amides is 1. The summed E-state index contributed by atoms with van der Waals surface area (Å²) in [5.41, 5.74) is 1.94. The summed E-state index contributed by atoms with van der Waals surface area (Å²) in [5.74, 6) is 0.364. The van der Waals surface area contributed by atoms with E-state index in [1.165, 1.54) is 0 Å². The number of hydrogen-bond donors (Lipinski definition) is 1. The van der Waals surface area contributed by atoms with Crippen molar-refractivity contribution in [1.82, 2.24) is 9.88 Å². The molecule has 0 aromatic carbocycles. The first-order valence-corrected chi connectivity index (χ1v) is 5.99. The summed E-state index contributed by atoms with van der Waals surface area (Å²) in [5, 5.41) is 9.04. The van der Waals surface area contributed by atoms with Crippen molar-refractivity contribution in [3.63, 3.8) is 0 Å². The Morgan fingerprint density at radius 3 is 3.12 bits per heavy atom. The Morgan fingerprint density at radius 2 is 2.47 bits per heavy atom. The standard InChI is InChI=1S/C13H18N2O2/c1-10-2-4-14-12(6-10)7-13(17)15-5-3-11(8-15)9-16/h2,4,6,11,16H,3,5,7-9H2,1H3/t11-/m1/s1. The quantitative estimate of drug-likeness (QED) is 0.840. The Balaban J connectivity index is 1.93. The first-order chi connectivity index (χ1) is 8.19. The lowest BCUT2D eigenvalue weighted by Crippen LogP contribution is -2.30. The molecule has 0 spiro atoms. The number of likely N-dealkylation sites (tertiary alicyclic amines) is 1. The van der Waals surface area contributed by atoms with Crippen LogP contribution in [0.25, 0.3) is 0 Å². The molecule has 1 saturated heterocycles. The van der Waals surface area contributed by atoms with Gasteiger partial charge in [-0.05, 0) is 31.0 Å². The van der Waals surface area contributed by atoms with E-state index >= 15 is 0 Å². The van der Waals surface area contributed by atoms with Crippen LogP contribution in [0, 0.1) is 12.8 Å². The molecule has 0 aliphatic carbocycles. The van der Waals surface area contributed by atoms with Crippen LogP contribution in [0.1, 0.15) is 17.7 Å². The van der Waals surface area contributed by atoms with Crippen LogP contribution in [0.2, 0.25) is 0 Å². The molecule has 0 bridgehead atoms. The van der Waals surface area contributed by atoms with E-state index < -0.39 is 0 Å². The van der Waals surface area contributed by atoms with Crippen molar-refractivity contribution in [3.05, 3.63) is 29.6 Å². The maximum Gasteiger partial charge on any atom is 0.228 e. The molecule has 1 N–H and O–H groups in total. The van der Waals surface area contributed by atoms with Crippen molar-refractivity contribution in [3.8, 4) is 0 Å². The summed E-state index contributed by atoms with van der Waals surface area (Å²) in [6, 6.07) is 3.86. The van der Waals surface area contributed by atoms with Crippen LogP contribution in [0.3, 0.4) is 0 Å². The zero-order chi connectivity index (χ0) is 12.3. The van der Waals surface area contributed by atoms with Gasteiger partial charge in [0.1, 0.15) is 0 Å². The van der Waals surface area contributed by atoms with Gasteiger partial charge in [0.15, 0.2) is 0 Å². The molecule has 2 rings (SSSR count). The molecule has 1 aliphatic heterocycles. The van der Waals surface area contributed by atoms with Gasteiger partial charge in [0.25, 0.3) is 0 Å². The summed E-state index contributed by atoms with van der Waals surface area (Å²) < 4.78 is 0. The van der Waals surface area contributed by atoms with Crippen molar-refractivity contribution >= 4 is 5.91 Å². The van der Waals surface area contributed by atoms with E-state index in [1.807, 2.05) is 24.0 Å². The number of pyridine rings is 1. The smallest absolute Gasteiger partial charge is 0.228 e. The van der Waals surface area contributed by atoms with E-state index in [4.69, 9.17) is 5.11 Å². The predicted octanol–water partition coefficient (Wildman–Crippen LogP) is 0.773. The molecule has 2 heterocycles. The van der Waals surface area contributed by atoms with Gasteiger partial charge in [-0.15, -0.1) is 0 Å². The zero-order valence-electron chi connectivity index (χ0n) is 10.1. The lowest BCUT2D eigenvalue weighted by atomic mass is 10.1. The Morgan fingerprint density at radius 1 is 1.65 bits per heavy atom. The topological polar surface area (TPSA) is 53.4 Å². The molecule has 0 unspecified atom stereocenters. The third-order valence-electron chi connectivity index (χ3n) is 3.20. The summed E-state index contributed by atoms with van der Waals surface area (Å²) in [4.78, 5) is 18.0. The number of carbonyl (C=O) groups excluding carboxylic acids is 1. The average Bonchev–Trinajstić information content (AvgIpc) is 2.77. The molecule has 0 saturated carbocycles. The molecule has 1 aliphatic rings. The third kappa shape index (κ3) is 3.03. The highest BCUT2D eigenvalue weighted by Crippen LogP contribution is 2.16. The van der Waals surface area contributed by atoms with E-state index in [0.29, 0.717) is 13.0 Å². The fraction of sp³-hybridized carbons (Fsp3) is 0.538. The van der Waals surface area contributed by atoms with Gasteiger partial charge < -0.3 is 10.0 Å². The van der Waals surface area contributed by atoms with Crippen LogP contribution in [0.5, 0.6) is 0 Å². The highest BCUT2D eigenvalue weighted by atomic mass is 16.3. The second kappa shape index (κ2) is 5.27.